The summed E-state index contributed by atoms with van der Waals surface area (Å²) in [7, 11) is 0. The van der Waals surface area contributed by atoms with Crippen LogP contribution in [-0.2, 0) is 27.3 Å². The number of benzene rings is 1. The molecule has 1 unspecified atom stereocenters. The van der Waals surface area contributed by atoms with E-state index < -0.39 is 12.0 Å². The highest BCUT2D eigenvalue weighted by atomic mass is 32.2. The largest absolute Gasteiger partial charge is 0.480 e. The van der Waals surface area contributed by atoms with Gasteiger partial charge in [-0.25, -0.2) is 4.79 Å². The Morgan fingerprint density at radius 1 is 1.25 bits per heavy atom. The Morgan fingerprint density at radius 2 is 1.92 bits per heavy atom. The summed E-state index contributed by atoms with van der Waals surface area (Å²) in [5, 5.41) is 9.42. The smallest absolute Gasteiger partial charge is 0.326 e. The van der Waals surface area contributed by atoms with Crippen LogP contribution in [-0.4, -0.2) is 45.6 Å². The molecular weight excluding hydrogens is 334 g/mol. The molecule has 0 fully saturated rings. The number of rotatable bonds is 4. The Kier molecular flexibility index (Phi) is 4.66. The van der Waals surface area contributed by atoms with Crippen LogP contribution in [0.3, 0.4) is 0 Å². The van der Waals surface area contributed by atoms with E-state index in [0.717, 1.165) is 22.9 Å². The summed E-state index contributed by atoms with van der Waals surface area (Å²) in [5.74, 6) is 0.272. The lowest BCUT2D eigenvalue weighted by atomic mass is 9.93. The molecule has 0 radical (unpaired) electrons. The first-order chi connectivity index (χ1) is 11.5. The maximum Gasteiger partial charge on any atom is 0.326 e. The molecule has 1 amide bonds. The lowest BCUT2D eigenvalue weighted by Gasteiger charge is -2.34. The van der Waals surface area contributed by atoms with Crippen LogP contribution in [0.5, 0.6) is 11.5 Å². The second kappa shape index (κ2) is 6.72. The van der Waals surface area contributed by atoms with Gasteiger partial charge in [0.25, 0.3) is 0 Å². The quantitative estimate of drug-likeness (QED) is 0.877. The van der Waals surface area contributed by atoms with Crippen molar-refractivity contribution in [1.29, 1.82) is 0 Å². The van der Waals surface area contributed by atoms with Crippen LogP contribution in [0.15, 0.2) is 12.1 Å². The van der Waals surface area contributed by atoms with Gasteiger partial charge in [0.2, 0.25) is 12.7 Å². The zero-order chi connectivity index (χ0) is 17.3. The van der Waals surface area contributed by atoms with Crippen molar-refractivity contribution < 1.29 is 29.0 Å². The average molecular weight is 351 g/mol. The number of carbonyl (C=O) groups excluding carboxylic acids is 2. The predicted molar refractivity (Wildman–Crippen MR) is 86.0 cm³/mol. The van der Waals surface area contributed by atoms with E-state index in [-0.39, 0.29) is 37.2 Å². The van der Waals surface area contributed by atoms with E-state index in [4.69, 9.17) is 9.47 Å². The van der Waals surface area contributed by atoms with Crippen molar-refractivity contribution >= 4 is 28.8 Å². The third-order valence-electron chi connectivity index (χ3n) is 4.05. The third kappa shape index (κ3) is 3.33. The standard InChI is InChI=1S/C16H17NO6S/c1-9(18)24-3-2-15(19)17-7-11-6-14-13(22-8-23-14)5-10(11)4-12(17)16(20)21/h5-6,12H,2-4,7-8H2,1H3,(H,20,21). The molecule has 2 aliphatic heterocycles. The van der Waals surface area contributed by atoms with Gasteiger partial charge >= 0.3 is 5.97 Å². The van der Waals surface area contributed by atoms with Crippen LogP contribution in [0.4, 0.5) is 0 Å². The highest BCUT2D eigenvalue weighted by Gasteiger charge is 2.35. The van der Waals surface area contributed by atoms with Crippen LogP contribution in [0.2, 0.25) is 0 Å². The number of amides is 1. The molecule has 7 nitrogen and oxygen atoms in total. The number of nitrogens with zero attached hydrogens (tertiary/aromatic N) is 1. The minimum absolute atomic E-state index is 0.0608. The molecule has 8 heteroatoms. The van der Waals surface area contributed by atoms with Gasteiger partial charge in [-0.05, 0) is 23.3 Å². The molecule has 128 valence electrons. The van der Waals surface area contributed by atoms with Crippen LogP contribution >= 0.6 is 11.8 Å². The van der Waals surface area contributed by atoms with Gasteiger partial charge in [-0.2, -0.15) is 0 Å². The fraction of sp³-hybridized carbons (Fsp3) is 0.438. The van der Waals surface area contributed by atoms with Crippen molar-refractivity contribution in [2.45, 2.75) is 32.4 Å². The van der Waals surface area contributed by atoms with E-state index in [1.54, 1.807) is 12.1 Å². The van der Waals surface area contributed by atoms with Gasteiger partial charge in [0, 0.05) is 32.1 Å². The number of fused-ring (bicyclic) bond motifs is 2. The Labute approximate surface area is 142 Å². The lowest BCUT2D eigenvalue weighted by molar-refractivity contribution is -0.151. The Hall–Kier alpha value is -2.22. The minimum Gasteiger partial charge on any atom is -0.480 e. The number of carboxylic acid groups (broad SMARTS) is 1. The van der Waals surface area contributed by atoms with E-state index in [1.807, 2.05) is 0 Å². The molecular formula is C16H17NO6S. The zero-order valence-corrected chi connectivity index (χ0v) is 13.9. The van der Waals surface area contributed by atoms with Crippen molar-refractivity contribution in [3.8, 4) is 11.5 Å². The minimum atomic E-state index is -1.04. The zero-order valence-electron chi connectivity index (χ0n) is 13.1. The summed E-state index contributed by atoms with van der Waals surface area (Å²) in [6.45, 7) is 1.80. The third-order valence-corrected chi connectivity index (χ3v) is 4.87. The van der Waals surface area contributed by atoms with Gasteiger partial charge < -0.3 is 19.5 Å². The Bertz CT molecular complexity index is 704. The number of carbonyl (C=O) groups is 3. The highest BCUT2D eigenvalue weighted by molar-refractivity contribution is 8.13. The fourth-order valence-corrected chi connectivity index (χ4v) is 3.45. The maximum absolute atomic E-state index is 12.4. The Balaban J connectivity index is 1.80. The number of hydrogen-bond acceptors (Lipinski definition) is 6. The summed E-state index contributed by atoms with van der Waals surface area (Å²) in [6.07, 6.45) is 0.362. The molecule has 24 heavy (non-hydrogen) atoms. The topological polar surface area (TPSA) is 93.1 Å². The van der Waals surface area contributed by atoms with E-state index in [9.17, 15) is 19.5 Å². The summed E-state index contributed by atoms with van der Waals surface area (Å²) in [4.78, 5) is 36.3. The van der Waals surface area contributed by atoms with Crippen molar-refractivity contribution in [3.05, 3.63) is 23.3 Å². The first kappa shape index (κ1) is 16.6. The first-order valence-electron chi connectivity index (χ1n) is 7.52. The Morgan fingerprint density at radius 3 is 2.54 bits per heavy atom. The maximum atomic E-state index is 12.4. The molecule has 1 aromatic carbocycles. The van der Waals surface area contributed by atoms with Crippen molar-refractivity contribution in [2.75, 3.05) is 12.5 Å². The molecule has 2 heterocycles. The van der Waals surface area contributed by atoms with Crippen LogP contribution in [0.1, 0.15) is 24.5 Å². The van der Waals surface area contributed by atoms with Gasteiger partial charge in [0.1, 0.15) is 6.04 Å². The molecule has 0 saturated carbocycles. The molecule has 1 aromatic rings. The normalized spacial score (nSPS) is 18.2. The van der Waals surface area contributed by atoms with E-state index in [2.05, 4.69) is 0 Å². The van der Waals surface area contributed by atoms with E-state index in [1.165, 1.54) is 11.8 Å². The van der Waals surface area contributed by atoms with Gasteiger partial charge in [-0.15, -0.1) is 0 Å². The monoisotopic (exact) mass is 351 g/mol. The summed E-state index contributed by atoms with van der Waals surface area (Å²) >= 11 is 1.06. The van der Waals surface area contributed by atoms with E-state index in [0.29, 0.717) is 17.3 Å². The lowest BCUT2D eigenvalue weighted by Crippen LogP contribution is -2.48. The van der Waals surface area contributed by atoms with Gasteiger partial charge in [0.05, 0.1) is 0 Å². The number of thioether (sulfide) groups is 1. The second-order valence-electron chi connectivity index (χ2n) is 5.64. The van der Waals surface area contributed by atoms with Crippen molar-refractivity contribution in [1.82, 2.24) is 4.90 Å². The predicted octanol–water partition coefficient (Wildman–Crippen LogP) is 1.42. The molecule has 1 atom stereocenters. The number of hydrogen-bond donors (Lipinski definition) is 1. The summed E-state index contributed by atoms with van der Waals surface area (Å²) < 4.78 is 10.7. The van der Waals surface area contributed by atoms with Gasteiger partial charge in [-0.3, -0.25) is 9.59 Å². The molecule has 1 N–H and O–H groups in total. The molecule has 3 rings (SSSR count). The van der Waals surface area contributed by atoms with Gasteiger partial charge in [-0.1, -0.05) is 11.8 Å². The molecule has 0 bridgehead atoms. The average Bonchev–Trinajstić information content (AvgIpc) is 2.97. The van der Waals surface area contributed by atoms with Crippen LogP contribution < -0.4 is 9.47 Å². The molecule has 2 aliphatic rings. The number of carboxylic acids is 1. The summed E-state index contributed by atoms with van der Waals surface area (Å²) in [5.41, 5.74) is 1.72. The first-order valence-corrected chi connectivity index (χ1v) is 8.51. The van der Waals surface area contributed by atoms with Crippen LogP contribution in [0.25, 0.3) is 0 Å². The molecule has 0 aromatic heterocycles. The SMILES string of the molecule is CC(=O)SCCC(=O)N1Cc2cc3c(cc2CC1C(=O)O)OCO3. The number of ether oxygens (including phenoxy) is 2. The molecule has 0 saturated heterocycles. The van der Waals surface area contributed by atoms with Gasteiger partial charge in [0.15, 0.2) is 16.6 Å². The highest BCUT2D eigenvalue weighted by Crippen LogP contribution is 2.38. The fourth-order valence-electron chi connectivity index (χ4n) is 2.88. The number of aliphatic carboxylic acids is 1. The van der Waals surface area contributed by atoms with Crippen LogP contribution in [0, 0.1) is 0 Å². The molecule has 0 aliphatic carbocycles. The van der Waals surface area contributed by atoms with Crippen molar-refractivity contribution in [2.24, 2.45) is 0 Å². The summed E-state index contributed by atoms with van der Waals surface area (Å²) in [6, 6.07) is 2.69. The van der Waals surface area contributed by atoms with E-state index >= 15 is 0 Å². The van der Waals surface area contributed by atoms with Crippen molar-refractivity contribution in [3.63, 3.8) is 0 Å². The second-order valence-corrected chi connectivity index (χ2v) is 6.92. The molecule has 0 spiro atoms.